The van der Waals surface area contributed by atoms with Gasteiger partial charge in [0.1, 0.15) is 0 Å². The van der Waals surface area contributed by atoms with Gasteiger partial charge in [-0.25, -0.2) is 0 Å². The van der Waals surface area contributed by atoms with Crippen LogP contribution in [0.1, 0.15) is 64.7 Å². The summed E-state index contributed by atoms with van der Waals surface area (Å²) in [4.78, 5) is 0. The van der Waals surface area contributed by atoms with Crippen LogP contribution in [0.25, 0.3) is 0 Å². The van der Waals surface area contributed by atoms with Crippen LogP contribution < -0.4 is 10.6 Å². The van der Waals surface area contributed by atoms with Crippen LogP contribution >= 0.6 is 7.92 Å². The second-order valence-electron chi connectivity index (χ2n) is 7.59. The van der Waals surface area contributed by atoms with Crippen molar-refractivity contribution in [1.29, 1.82) is 0 Å². The molecule has 0 heterocycles. The maximum atomic E-state index is 2.49. The molecule has 156 valence electrons. The third-order valence-electron chi connectivity index (χ3n) is 5.81. The van der Waals surface area contributed by atoms with Gasteiger partial charge in [0.25, 0.3) is 0 Å². The molecule has 0 saturated heterocycles. The normalized spacial score (nSPS) is 16.8. The van der Waals surface area contributed by atoms with E-state index in [1.807, 2.05) is 0 Å². The zero-order valence-corrected chi connectivity index (χ0v) is 20.1. The van der Waals surface area contributed by atoms with E-state index in [4.69, 9.17) is 0 Å². The Bertz CT molecular complexity index is 541. The van der Waals surface area contributed by atoms with Crippen molar-refractivity contribution in [3.05, 3.63) is 75.5 Å². The molecule has 1 unspecified atom stereocenters. The molecule has 2 fully saturated rings. The van der Waals surface area contributed by atoms with E-state index in [2.05, 4.69) is 67.6 Å². The second-order valence-corrected chi connectivity index (χ2v) is 10.2. The van der Waals surface area contributed by atoms with Gasteiger partial charge in [-0.05, 0) is 42.9 Å². The molecule has 0 nitrogen and oxygen atoms in total. The van der Waals surface area contributed by atoms with Crippen molar-refractivity contribution in [2.45, 2.75) is 70.4 Å². The van der Waals surface area contributed by atoms with Gasteiger partial charge in [0.2, 0.25) is 0 Å². The van der Waals surface area contributed by atoms with Gasteiger partial charge in [-0.3, -0.25) is 0 Å². The Kier molecular flexibility index (Phi) is 14.9. The molecule has 2 aliphatic rings. The molecule has 2 aliphatic carbocycles. The Morgan fingerprint density at radius 3 is 1.36 bits per heavy atom. The summed E-state index contributed by atoms with van der Waals surface area (Å²) in [5.41, 5.74) is 0.789. The van der Waals surface area contributed by atoms with Crippen LogP contribution in [0.5, 0.6) is 0 Å². The van der Waals surface area contributed by atoms with Crippen LogP contribution in [0, 0.1) is 20.8 Å². The minimum atomic E-state index is -0.223. The Morgan fingerprint density at radius 2 is 1.00 bits per heavy atom. The van der Waals surface area contributed by atoms with Crippen molar-refractivity contribution in [2.24, 2.45) is 5.92 Å². The van der Waals surface area contributed by atoms with E-state index < -0.39 is 0 Å². The van der Waals surface area contributed by atoms with E-state index >= 15 is 0 Å². The maximum absolute atomic E-state index is 2.49. The summed E-state index contributed by atoms with van der Waals surface area (Å²) < 4.78 is 0. The fourth-order valence-corrected chi connectivity index (χ4v) is 7.28. The van der Waals surface area contributed by atoms with Gasteiger partial charge in [-0.2, -0.15) is 0 Å². The first-order chi connectivity index (χ1) is 12.4. The second kappa shape index (κ2) is 15.3. The summed E-state index contributed by atoms with van der Waals surface area (Å²) >= 11 is 0. The van der Waals surface area contributed by atoms with E-state index in [1.165, 1.54) is 68.4 Å². The van der Waals surface area contributed by atoms with Crippen molar-refractivity contribution in [3.63, 3.8) is 0 Å². The molecule has 2 heteroatoms. The summed E-state index contributed by atoms with van der Waals surface area (Å²) in [6, 6.07) is 22.3. The molecule has 0 bridgehead atoms. The smallest absolute Gasteiger partial charge is 0.358 e. The molecule has 0 N–H and O–H groups in total. The van der Waals surface area contributed by atoms with Gasteiger partial charge < -0.3 is 14.9 Å². The first-order valence-electron chi connectivity index (χ1n) is 10.3. The van der Waals surface area contributed by atoms with Crippen molar-refractivity contribution in [1.82, 2.24) is 0 Å². The average molecular weight is 438 g/mol. The van der Waals surface area contributed by atoms with Crippen LogP contribution in [0.15, 0.2) is 60.7 Å². The monoisotopic (exact) mass is 438 g/mol. The number of hydrogen-bond acceptors (Lipinski definition) is 0. The Labute approximate surface area is 187 Å². The molecule has 28 heavy (non-hydrogen) atoms. The molecule has 0 radical (unpaired) electrons. The van der Waals surface area contributed by atoms with Crippen LogP contribution in [-0.4, -0.2) is 5.66 Å². The molecule has 2 saturated carbocycles. The van der Waals surface area contributed by atoms with Crippen molar-refractivity contribution < 1.29 is 17.1 Å². The SMILES string of the molecule is C1CCCC1.CC(C1CCCC1)P(c1ccccc1)c1ccccc1.[CH3-].[CH3-].[Fe+2]. The number of hydrogen-bond donors (Lipinski definition) is 0. The summed E-state index contributed by atoms with van der Waals surface area (Å²) in [5.74, 6) is 0.918. The fraction of sp³-hybridized carbons (Fsp3) is 0.462. The number of benzene rings is 2. The largest absolute Gasteiger partial charge is 2.00 e. The van der Waals surface area contributed by atoms with Gasteiger partial charge in [-0.1, -0.05) is 113 Å². The van der Waals surface area contributed by atoms with Gasteiger partial charge in [0.05, 0.1) is 0 Å². The third kappa shape index (κ3) is 8.02. The summed E-state index contributed by atoms with van der Waals surface area (Å²) in [6.07, 6.45) is 13.2. The molecular formula is C26H39FeP. The molecule has 2 aromatic carbocycles. The van der Waals surface area contributed by atoms with E-state index in [0.29, 0.717) is 0 Å². The first kappa shape index (κ1) is 27.4. The Balaban J connectivity index is 0.000000801. The zero-order chi connectivity index (χ0) is 17.3. The first-order valence-corrected chi connectivity index (χ1v) is 11.7. The van der Waals surface area contributed by atoms with E-state index in [9.17, 15) is 0 Å². The molecule has 0 amide bonds. The van der Waals surface area contributed by atoms with Gasteiger partial charge >= 0.3 is 17.1 Å². The van der Waals surface area contributed by atoms with Crippen molar-refractivity contribution in [2.75, 3.05) is 0 Å². The predicted molar refractivity (Wildman–Crippen MR) is 126 cm³/mol. The van der Waals surface area contributed by atoms with Crippen molar-refractivity contribution >= 4 is 18.5 Å². The summed E-state index contributed by atoms with van der Waals surface area (Å²) in [7, 11) is -0.223. The molecule has 1 atom stereocenters. The van der Waals surface area contributed by atoms with Crippen LogP contribution in [0.3, 0.4) is 0 Å². The molecule has 4 rings (SSSR count). The number of rotatable bonds is 4. The van der Waals surface area contributed by atoms with Crippen LogP contribution in [0.2, 0.25) is 0 Å². The van der Waals surface area contributed by atoms with E-state index in [-0.39, 0.29) is 39.8 Å². The van der Waals surface area contributed by atoms with E-state index in [1.54, 1.807) is 0 Å². The molecule has 0 aliphatic heterocycles. The quantitative estimate of drug-likeness (QED) is 0.263. The molecular weight excluding hydrogens is 399 g/mol. The van der Waals surface area contributed by atoms with Gasteiger partial charge in [0, 0.05) is 0 Å². The zero-order valence-electron chi connectivity index (χ0n) is 18.1. The van der Waals surface area contributed by atoms with Crippen LogP contribution in [0.4, 0.5) is 0 Å². The Hall–Kier alpha value is -0.611. The molecule has 0 spiro atoms. The third-order valence-corrected chi connectivity index (χ3v) is 8.75. The minimum absolute atomic E-state index is 0. The molecule has 0 aromatic heterocycles. The topological polar surface area (TPSA) is 0 Å². The maximum Gasteiger partial charge on any atom is 2.00 e. The fourth-order valence-electron chi connectivity index (χ4n) is 4.33. The molecule has 2 aromatic rings. The summed E-state index contributed by atoms with van der Waals surface area (Å²) in [5, 5.41) is 3.07. The Morgan fingerprint density at radius 1 is 0.643 bits per heavy atom. The standard InChI is InChI=1S/C19H23P.C5H10.2CH3.Fe/c1-16(17-10-8-9-11-17)20(18-12-4-2-5-13-18)19-14-6-3-7-15-19;1-2-4-5-3-1;;;/h2-7,12-17H,8-11H2,1H3;1-5H2;2*1H3;/q;;2*-1;+2. The van der Waals surface area contributed by atoms with E-state index in [0.717, 1.165) is 11.6 Å². The predicted octanol–water partition coefficient (Wildman–Crippen LogP) is 7.55. The minimum Gasteiger partial charge on any atom is -0.358 e. The van der Waals surface area contributed by atoms with Crippen molar-refractivity contribution in [3.8, 4) is 0 Å². The average Bonchev–Trinajstić information content (AvgIpc) is 3.40. The summed E-state index contributed by atoms with van der Waals surface area (Å²) in [6.45, 7) is 2.49. The van der Waals surface area contributed by atoms with Gasteiger partial charge in [0.15, 0.2) is 0 Å². The van der Waals surface area contributed by atoms with Crippen LogP contribution in [-0.2, 0) is 17.1 Å². The van der Waals surface area contributed by atoms with Gasteiger partial charge in [-0.15, -0.1) is 0 Å².